The lowest BCUT2D eigenvalue weighted by Crippen LogP contribution is -2.47. The lowest BCUT2D eigenvalue weighted by Gasteiger charge is -2.32. The van der Waals surface area contributed by atoms with Gasteiger partial charge in [0.1, 0.15) is 6.04 Å². The Kier molecular flexibility index (Phi) is 8.11. The van der Waals surface area contributed by atoms with Gasteiger partial charge in [0.05, 0.1) is 7.11 Å². The van der Waals surface area contributed by atoms with Crippen LogP contribution in [0.5, 0.6) is 0 Å². The standard InChI is InChI=1S/C16H31NO2/c1-4-6-12-15(16(18)19-3)17-14(5-2)13-10-8-7-9-11-13/h13-15,17H,4-12H2,1-3H3. The van der Waals surface area contributed by atoms with Gasteiger partial charge in [0, 0.05) is 6.04 Å². The summed E-state index contributed by atoms with van der Waals surface area (Å²) in [5.74, 6) is 0.648. The van der Waals surface area contributed by atoms with Gasteiger partial charge in [-0.3, -0.25) is 4.79 Å². The van der Waals surface area contributed by atoms with Crippen LogP contribution in [0, 0.1) is 5.92 Å². The molecule has 3 nitrogen and oxygen atoms in total. The maximum absolute atomic E-state index is 11.9. The smallest absolute Gasteiger partial charge is 0.322 e. The van der Waals surface area contributed by atoms with Crippen molar-refractivity contribution in [1.29, 1.82) is 0 Å². The average molecular weight is 269 g/mol. The van der Waals surface area contributed by atoms with Gasteiger partial charge in [0.25, 0.3) is 0 Å². The van der Waals surface area contributed by atoms with E-state index in [1.165, 1.54) is 39.2 Å². The van der Waals surface area contributed by atoms with Crippen molar-refractivity contribution >= 4 is 5.97 Å². The van der Waals surface area contributed by atoms with Crippen LogP contribution in [-0.2, 0) is 9.53 Å². The van der Waals surface area contributed by atoms with Crippen LogP contribution in [0.2, 0.25) is 0 Å². The molecular formula is C16H31NO2. The topological polar surface area (TPSA) is 38.3 Å². The zero-order valence-corrected chi connectivity index (χ0v) is 12.9. The summed E-state index contributed by atoms with van der Waals surface area (Å²) in [4.78, 5) is 11.9. The third-order valence-corrected chi connectivity index (χ3v) is 4.41. The van der Waals surface area contributed by atoms with E-state index in [4.69, 9.17) is 4.74 Å². The van der Waals surface area contributed by atoms with E-state index >= 15 is 0 Å². The summed E-state index contributed by atoms with van der Waals surface area (Å²) in [6.45, 7) is 4.38. The maximum Gasteiger partial charge on any atom is 0.322 e. The molecule has 0 aromatic rings. The number of esters is 1. The van der Waals surface area contributed by atoms with E-state index in [2.05, 4.69) is 19.2 Å². The predicted octanol–water partition coefficient (Wildman–Crippen LogP) is 3.67. The number of hydrogen-bond donors (Lipinski definition) is 1. The van der Waals surface area contributed by atoms with E-state index < -0.39 is 0 Å². The van der Waals surface area contributed by atoms with Crippen LogP contribution in [0.4, 0.5) is 0 Å². The molecule has 1 rings (SSSR count). The van der Waals surface area contributed by atoms with Crippen LogP contribution in [0.25, 0.3) is 0 Å². The third-order valence-electron chi connectivity index (χ3n) is 4.41. The number of carbonyl (C=O) groups is 1. The molecule has 0 bridgehead atoms. The fraction of sp³-hybridized carbons (Fsp3) is 0.938. The van der Waals surface area contributed by atoms with Crippen LogP contribution in [0.15, 0.2) is 0 Å². The quantitative estimate of drug-likeness (QED) is 0.683. The van der Waals surface area contributed by atoms with Crippen LogP contribution in [-0.4, -0.2) is 25.2 Å². The first-order valence-electron chi connectivity index (χ1n) is 8.06. The molecule has 3 heteroatoms. The Hall–Kier alpha value is -0.570. The fourth-order valence-corrected chi connectivity index (χ4v) is 3.20. The van der Waals surface area contributed by atoms with Crippen molar-refractivity contribution in [2.24, 2.45) is 5.92 Å². The van der Waals surface area contributed by atoms with Gasteiger partial charge in [0.15, 0.2) is 0 Å². The summed E-state index contributed by atoms with van der Waals surface area (Å²) in [7, 11) is 1.49. The monoisotopic (exact) mass is 269 g/mol. The lowest BCUT2D eigenvalue weighted by molar-refractivity contribution is -0.143. The number of nitrogens with one attached hydrogen (secondary N) is 1. The molecule has 1 aliphatic rings. The highest BCUT2D eigenvalue weighted by Gasteiger charge is 2.27. The molecule has 19 heavy (non-hydrogen) atoms. The minimum absolute atomic E-state index is 0.0947. The molecule has 0 aliphatic heterocycles. The number of rotatable bonds is 8. The molecule has 1 N–H and O–H groups in total. The number of ether oxygens (including phenoxy) is 1. The highest BCUT2D eigenvalue weighted by Crippen LogP contribution is 2.28. The van der Waals surface area contributed by atoms with Gasteiger partial charge in [-0.25, -0.2) is 0 Å². The summed E-state index contributed by atoms with van der Waals surface area (Å²) >= 11 is 0. The molecule has 0 aromatic heterocycles. The lowest BCUT2D eigenvalue weighted by atomic mass is 9.82. The summed E-state index contributed by atoms with van der Waals surface area (Å²) in [5.41, 5.74) is 0. The molecule has 0 saturated heterocycles. The minimum atomic E-state index is -0.114. The van der Waals surface area contributed by atoms with Crippen molar-refractivity contribution in [2.45, 2.75) is 83.7 Å². The zero-order valence-electron chi connectivity index (χ0n) is 12.9. The second-order valence-corrected chi connectivity index (χ2v) is 5.80. The highest BCUT2D eigenvalue weighted by molar-refractivity contribution is 5.75. The van der Waals surface area contributed by atoms with Crippen molar-refractivity contribution < 1.29 is 9.53 Å². The van der Waals surface area contributed by atoms with Gasteiger partial charge in [0.2, 0.25) is 0 Å². The van der Waals surface area contributed by atoms with Crippen LogP contribution < -0.4 is 5.32 Å². The average Bonchev–Trinajstić information content (AvgIpc) is 2.47. The van der Waals surface area contributed by atoms with Gasteiger partial charge >= 0.3 is 5.97 Å². The Morgan fingerprint density at radius 3 is 2.47 bits per heavy atom. The molecule has 112 valence electrons. The van der Waals surface area contributed by atoms with Crippen molar-refractivity contribution in [3.05, 3.63) is 0 Å². The van der Waals surface area contributed by atoms with E-state index in [0.29, 0.717) is 6.04 Å². The van der Waals surface area contributed by atoms with Crippen LogP contribution >= 0.6 is 0 Å². The summed E-state index contributed by atoms with van der Waals surface area (Å²) in [6, 6.07) is 0.359. The Labute approximate surface area is 118 Å². The largest absolute Gasteiger partial charge is 0.468 e. The van der Waals surface area contributed by atoms with Crippen LogP contribution in [0.3, 0.4) is 0 Å². The summed E-state index contributed by atoms with van der Waals surface area (Å²) in [6.07, 6.45) is 10.9. The van der Waals surface area contributed by atoms with Crippen molar-refractivity contribution in [1.82, 2.24) is 5.32 Å². The molecule has 1 fully saturated rings. The first-order chi connectivity index (χ1) is 9.22. The van der Waals surface area contributed by atoms with E-state index in [-0.39, 0.29) is 12.0 Å². The third kappa shape index (κ3) is 5.52. The zero-order chi connectivity index (χ0) is 14.1. The van der Waals surface area contributed by atoms with Gasteiger partial charge in [-0.2, -0.15) is 0 Å². The van der Waals surface area contributed by atoms with E-state index in [9.17, 15) is 4.79 Å². The molecule has 2 unspecified atom stereocenters. The molecular weight excluding hydrogens is 238 g/mol. The van der Waals surface area contributed by atoms with Gasteiger partial charge in [-0.05, 0) is 31.6 Å². The molecule has 1 aliphatic carbocycles. The van der Waals surface area contributed by atoms with Gasteiger partial charge < -0.3 is 10.1 Å². The van der Waals surface area contributed by atoms with E-state index in [1.807, 2.05) is 0 Å². The number of hydrogen-bond acceptors (Lipinski definition) is 3. The van der Waals surface area contributed by atoms with E-state index in [1.54, 1.807) is 0 Å². The Balaban J connectivity index is 2.54. The first-order valence-corrected chi connectivity index (χ1v) is 8.06. The van der Waals surface area contributed by atoms with Crippen LogP contribution in [0.1, 0.15) is 71.6 Å². The summed E-state index contributed by atoms with van der Waals surface area (Å²) in [5, 5.41) is 3.58. The van der Waals surface area contributed by atoms with Gasteiger partial charge in [-0.15, -0.1) is 0 Å². The molecule has 1 saturated carbocycles. The maximum atomic E-state index is 11.9. The minimum Gasteiger partial charge on any atom is -0.468 e. The SMILES string of the molecule is CCCCC(NC(CC)C1CCCCC1)C(=O)OC. The highest BCUT2D eigenvalue weighted by atomic mass is 16.5. The molecule has 0 spiro atoms. The molecule has 0 heterocycles. The Bertz CT molecular complexity index is 249. The number of carbonyl (C=O) groups excluding carboxylic acids is 1. The number of methoxy groups -OCH3 is 1. The molecule has 2 atom stereocenters. The van der Waals surface area contributed by atoms with Gasteiger partial charge in [-0.1, -0.05) is 46.0 Å². The van der Waals surface area contributed by atoms with E-state index in [0.717, 1.165) is 31.6 Å². The molecule has 0 radical (unpaired) electrons. The van der Waals surface area contributed by atoms with Crippen molar-refractivity contribution in [2.75, 3.05) is 7.11 Å². The second kappa shape index (κ2) is 9.35. The van der Waals surface area contributed by atoms with Crippen molar-refractivity contribution in [3.8, 4) is 0 Å². The van der Waals surface area contributed by atoms with Crippen molar-refractivity contribution in [3.63, 3.8) is 0 Å². The summed E-state index contributed by atoms with van der Waals surface area (Å²) < 4.78 is 4.94. The molecule has 0 aromatic carbocycles. The normalized spacial score (nSPS) is 19.9. The first kappa shape index (κ1) is 16.5. The Morgan fingerprint density at radius 2 is 1.95 bits per heavy atom. The molecule has 0 amide bonds. The number of unbranched alkanes of at least 4 members (excludes halogenated alkanes) is 1. The predicted molar refractivity (Wildman–Crippen MR) is 79.1 cm³/mol. The Morgan fingerprint density at radius 1 is 1.26 bits per heavy atom. The second-order valence-electron chi connectivity index (χ2n) is 5.80. The fourth-order valence-electron chi connectivity index (χ4n) is 3.20.